The molecule has 1 aliphatic carbocycles. The number of aryl methyl sites for hydroxylation is 1. The Morgan fingerprint density at radius 2 is 2.09 bits per heavy atom. The maximum absolute atomic E-state index is 6.00. The number of hydrogen-bond donors (Lipinski definition) is 1. The zero-order chi connectivity index (χ0) is 15.5. The molecule has 0 radical (unpaired) electrons. The lowest BCUT2D eigenvalue weighted by atomic mass is 9.96. The lowest BCUT2D eigenvalue weighted by molar-refractivity contribution is 0.109. The minimum Gasteiger partial charge on any atom is -0.468 e. The van der Waals surface area contributed by atoms with Crippen molar-refractivity contribution in [3.05, 3.63) is 0 Å². The molecule has 0 amide bonds. The molecule has 120 valence electrons. The molecule has 0 spiro atoms. The Kier molecular flexibility index (Phi) is 4.52. The van der Waals surface area contributed by atoms with Crippen molar-refractivity contribution in [1.82, 2.24) is 19.5 Å². The fourth-order valence-electron chi connectivity index (χ4n) is 2.39. The van der Waals surface area contributed by atoms with Crippen LogP contribution in [-0.4, -0.2) is 38.6 Å². The first-order valence-electron chi connectivity index (χ1n) is 7.53. The van der Waals surface area contributed by atoms with Gasteiger partial charge in [-0.15, -0.1) is 11.6 Å². The topological polar surface area (TPSA) is 88.1 Å². The quantitative estimate of drug-likeness (QED) is 0.621. The number of nitrogens with two attached hydrogens (primary N) is 1. The predicted molar refractivity (Wildman–Crippen MR) is 84.5 cm³/mol. The highest BCUT2D eigenvalue weighted by Gasteiger charge is 2.23. The average Bonchev–Trinajstić information content (AvgIpc) is 2.82. The van der Waals surface area contributed by atoms with Gasteiger partial charge in [-0.1, -0.05) is 0 Å². The lowest BCUT2D eigenvalue weighted by Crippen LogP contribution is -2.25. The molecular formula is C14H20ClN5O2. The van der Waals surface area contributed by atoms with Crippen LogP contribution in [0.15, 0.2) is 0 Å². The van der Waals surface area contributed by atoms with Crippen molar-refractivity contribution < 1.29 is 9.47 Å². The van der Waals surface area contributed by atoms with E-state index in [-0.39, 0.29) is 6.10 Å². The maximum atomic E-state index is 6.00. The van der Waals surface area contributed by atoms with Crippen molar-refractivity contribution in [3.63, 3.8) is 0 Å². The van der Waals surface area contributed by atoms with Gasteiger partial charge in [0.15, 0.2) is 17.0 Å². The van der Waals surface area contributed by atoms with Crippen LogP contribution in [0.1, 0.15) is 32.1 Å². The van der Waals surface area contributed by atoms with Crippen LogP contribution in [0.25, 0.3) is 11.2 Å². The zero-order valence-electron chi connectivity index (χ0n) is 12.6. The minimum atomic E-state index is 0.200. The third-order valence-corrected chi connectivity index (χ3v) is 4.11. The molecule has 1 saturated carbocycles. The van der Waals surface area contributed by atoms with E-state index in [1.807, 2.05) is 4.57 Å². The highest BCUT2D eigenvalue weighted by molar-refractivity contribution is 6.17. The Morgan fingerprint density at radius 3 is 2.73 bits per heavy atom. The van der Waals surface area contributed by atoms with Gasteiger partial charge in [0.2, 0.25) is 0 Å². The fraction of sp³-hybridized carbons (Fsp3) is 0.643. The van der Waals surface area contributed by atoms with Gasteiger partial charge in [0, 0.05) is 12.4 Å². The van der Waals surface area contributed by atoms with Crippen molar-refractivity contribution in [2.45, 2.75) is 44.8 Å². The number of methoxy groups -OCH3 is 1. The lowest BCUT2D eigenvalue weighted by Gasteiger charge is -2.25. The van der Waals surface area contributed by atoms with Crippen LogP contribution in [0.5, 0.6) is 12.0 Å². The molecule has 0 unspecified atom stereocenters. The molecule has 2 aromatic rings. The monoisotopic (exact) mass is 325 g/mol. The summed E-state index contributed by atoms with van der Waals surface area (Å²) in [6.07, 6.45) is 5.29. The van der Waals surface area contributed by atoms with E-state index in [2.05, 4.69) is 15.0 Å². The van der Waals surface area contributed by atoms with Crippen LogP contribution >= 0.6 is 11.6 Å². The summed E-state index contributed by atoms with van der Waals surface area (Å²) in [6.45, 7) is 0.714. The molecule has 2 heterocycles. The Morgan fingerprint density at radius 1 is 1.27 bits per heavy atom. The molecule has 1 aliphatic rings. The number of rotatable bonds is 7. The Balaban J connectivity index is 1.94. The van der Waals surface area contributed by atoms with Crippen LogP contribution < -0.4 is 15.2 Å². The Hall–Kier alpha value is -1.76. The van der Waals surface area contributed by atoms with E-state index in [1.165, 1.54) is 6.42 Å². The number of anilines is 1. The standard InChI is InChI=1S/C14H20ClN5O2/c1-21-14-17-10-11(16)18-13(22-9-5-4-6-9)19-12(10)20(14)8-3-2-7-15/h9H,2-8H2,1H3,(H2,16,18,19). The van der Waals surface area contributed by atoms with Crippen molar-refractivity contribution in [3.8, 4) is 12.0 Å². The number of nitrogens with zero attached hydrogens (tertiary/aromatic N) is 4. The van der Waals surface area contributed by atoms with Crippen LogP contribution in [0.4, 0.5) is 5.82 Å². The minimum absolute atomic E-state index is 0.200. The SMILES string of the molecule is COc1nc2c(N)nc(OC3CCC3)nc2n1CCCCCl. The zero-order valence-corrected chi connectivity index (χ0v) is 13.3. The van der Waals surface area contributed by atoms with Crippen LogP contribution in [-0.2, 0) is 6.54 Å². The Labute approximate surface area is 133 Å². The molecule has 2 N–H and O–H groups in total. The maximum Gasteiger partial charge on any atom is 0.320 e. The van der Waals surface area contributed by atoms with E-state index in [0.29, 0.717) is 41.4 Å². The summed E-state index contributed by atoms with van der Waals surface area (Å²) in [4.78, 5) is 13.0. The van der Waals surface area contributed by atoms with E-state index in [0.717, 1.165) is 25.7 Å². The first kappa shape index (κ1) is 15.1. The number of hydrogen-bond acceptors (Lipinski definition) is 6. The van der Waals surface area contributed by atoms with Gasteiger partial charge in [0.05, 0.1) is 7.11 Å². The molecule has 0 aromatic carbocycles. The van der Waals surface area contributed by atoms with Gasteiger partial charge in [-0.3, -0.25) is 4.57 Å². The summed E-state index contributed by atoms with van der Waals surface area (Å²) in [7, 11) is 1.58. The molecule has 1 fully saturated rings. The number of nitrogen functional groups attached to an aromatic ring is 1. The van der Waals surface area contributed by atoms with Crippen LogP contribution in [0.3, 0.4) is 0 Å². The van der Waals surface area contributed by atoms with Gasteiger partial charge in [-0.05, 0) is 32.1 Å². The third-order valence-electron chi connectivity index (χ3n) is 3.84. The highest BCUT2D eigenvalue weighted by Crippen LogP contribution is 2.28. The van der Waals surface area contributed by atoms with E-state index in [9.17, 15) is 0 Å². The first-order chi connectivity index (χ1) is 10.7. The van der Waals surface area contributed by atoms with E-state index >= 15 is 0 Å². The van der Waals surface area contributed by atoms with Gasteiger partial charge in [-0.2, -0.15) is 15.0 Å². The molecule has 8 heteroatoms. The normalized spacial score (nSPS) is 15.0. The van der Waals surface area contributed by atoms with Crippen LogP contribution in [0, 0.1) is 0 Å². The molecule has 0 bridgehead atoms. The van der Waals surface area contributed by atoms with Gasteiger partial charge < -0.3 is 15.2 Å². The number of imidazole rings is 1. The highest BCUT2D eigenvalue weighted by atomic mass is 35.5. The molecule has 0 atom stereocenters. The third kappa shape index (κ3) is 2.90. The van der Waals surface area contributed by atoms with Crippen molar-refractivity contribution >= 4 is 28.6 Å². The molecule has 0 saturated heterocycles. The van der Waals surface area contributed by atoms with Crippen molar-refractivity contribution in [1.29, 1.82) is 0 Å². The van der Waals surface area contributed by atoms with Gasteiger partial charge in [0.1, 0.15) is 6.10 Å². The van der Waals surface area contributed by atoms with E-state index in [4.69, 9.17) is 26.8 Å². The molecule has 3 rings (SSSR count). The smallest absolute Gasteiger partial charge is 0.320 e. The van der Waals surface area contributed by atoms with Crippen molar-refractivity contribution in [2.75, 3.05) is 18.7 Å². The second-order valence-corrected chi connectivity index (χ2v) is 5.76. The molecule has 7 nitrogen and oxygen atoms in total. The molecular weight excluding hydrogens is 306 g/mol. The van der Waals surface area contributed by atoms with E-state index < -0.39 is 0 Å². The second-order valence-electron chi connectivity index (χ2n) is 5.38. The van der Waals surface area contributed by atoms with Gasteiger partial charge in [-0.25, -0.2) is 0 Å². The number of halogens is 1. The number of unbranched alkanes of at least 4 members (excludes halogenated alkanes) is 1. The van der Waals surface area contributed by atoms with Crippen molar-refractivity contribution in [2.24, 2.45) is 0 Å². The summed E-state index contributed by atoms with van der Waals surface area (Å²) in [5.41, 5.74) is 7.19. The molecule has 2 aromatic heterocycles. The number of alkyl halides is 1. The largest absolute Gasteiger partial charge is 0.468 e. The summed E-state index contributed by atoms with van der Waals surface area (Å²) in [5.74, 6) is 0.941. The first-order valence-corrected chi connectivity index (χ1v) is 8.06. The predicted octanol–water partition coefficient (Wildman–Crippen LogP) is 2.37. The summed E-state index contributed by atoms with van der Waals surface area (Å²) >= 11 is 5.74. The van der Waals surface area contributed by atoms with E-state index in [1.54, 1.807) is 7.11 Å². The average molecular weight is 326 g/mol. The fourth-order valence-corrected chi connectivity index (χ4v) is 2.58. The number of aromatic nitrogens is 4. The molecule has 0 aliphatic heterocycles. The number of ether oxygens (including phenoxy) is 2. The Bertz CT molecular complexity index is 656. The molecule has 22 heavy (non-hydrogen) atoms. The van der Waals surface area contributed by atoms with Crippen LogP contribution in [0.2, 0.25) is 0 Å². The number of fused-ring (bicyclic) bond motifs is 1. The van der Waals surface area contributed by atoms with Gasteiger partial charge in [0.25, 0.3) is 6.01 Å². The summed E-state index contributed by atoms with van der Waals surface area (Å²) in [6, 6.07) is 0.794. The summed E-state index contributed by atoms with van der Waals surface area (Å²) < 4.78 is 13.0. The van der Waals surface area contributed by atoms with Gasteiger partial charge >= 0.3 is 6.01 Å². The summed E-state index contributed by atoms with van der Waals surface area (Å²) in [5, 5.41) is 0. The second kappa shape index (κ2) is 6.56.